The first-order valence-electron chi connectivity index (χ1n) is 17.3. The molecule has 3 heterocycles. The van der Waals surface area contributed by atoms with E-state index < -0.39 is 12.1 Å². The minimum absolute atomic E-state index is 0.0452. The van der Waals surface area contributed by atoms with Gasteiger partial charge >= 0.3 is 0 Å². The maximum Gasteiger partial charge on any atom is 0.247 e. The molecule has 11 nitrogen and oxygen atoms in total. The third kappa shape index (κ3) is 7.72. The maximum atomic E-state index is 13.2. The highest BCUT2D eigenvalue weighted by Crippen LogP contribution is 2.26. The van der Waals surface area contributed by atoms with Crippen molar-refractivity contribution in [2.75, 3.05) is 23.7 Å². The summed E-state index contributed by atoms with van der Waals surface area (Å²) in [6.45, 7) is 1.14. The van der Waals surface area contributed by atoms with Gasteiger partial charge < -0.3 is 20.4 Å². The number of hydrogen-bond donors (Lipinski definition) is 2. The zero-order valence-electron chi connectivity index (χ0n) is 28.2. The van der Waals surface area contributed by atoms with Crippen LogP contribution in [0.3, 0.4) is 0 Å². The molecule has 0 unspecified atom stereocenters. The first kappa shape index (κ1) is 33.4. The molecule has 1 aromatic heterocycles. The third-order valence-electron chi connectivity index (χ3n) is 9.52. The number of anilines is 2. The SMILES string of the molecule is O=C(Nc1ccc(-c2nncn2-c2ccc(NC(=O)[C@@H]3CCCN3C(=O)Cc3ccccc3)cc2)cc1)[C@@H]1CCCN1C(=O)Cc1ccccc1. The van der Waals surface area contributed by atoms with E-state index in [4.69, 9.17) is 0 Å². The van der Waals surface area contributed by atoms with Crippen LogP contribution in [0.5, 0.6) is 0 Å². The molecule has 2 atom stereocenters. The molecular weight excluding hydrogens is 642 g/mol. The van der Waals surface area contributed by atoms with Crippen LogP contribution in [0, 0.1) is 0 Å². The van der Waals surface area contributed by atoms with Crippen molar-refractivity contribution in [1.29, 1.82) is 0 Å². The minimum Gasteiger partial charge on any atom is -0.330 e. The van der Waals surface area contributed by atoms with Gasteiger partial charge in [-0.1, -0.05) is 60.7 Å². The predicted molar refractivity (Wildman–Crippen MR) is 194 cm³/mol. The van der Waals surface area contributed by atoms with Crippen molar-refractivity contribution in [3.05, 3.63) is 127 Å². The molecule has 51 heavy (non-hydrogen) atoms. The second-order valence-electron chi connectivity index (χ2n) is 12.9. The first-order valence-corrected chi connectivity index (χ1v) is 17.3. The quantitative estimate of drug-likeness (QED) is 0.207. The van der Waals surface area contributed by atoms with Crippen LogP contribution in [0.4, 0.5) is 11.4 Å². The van der Waals surface area contributed by atoms with Gasteiger partial charge in [0.15, 0.2) is 5.82 Å². The normalized spacial score (nSPS) is 16.9. The number of likely N-dealkylation sites (tertiary alicyclic amines) is 2. The molecule has 11 heteroatoms. The molecule has 2 aliphatic rings. The van der Waals surface area contributed by atoms with Crippen LogP contribution in [0.25, 0.3) is 17.1 Å². The van der Waals surface area contributed by atoms with Crippen LogP contribution in [0.2, 0.25) is 0 Å². The highest BCUT2D eigenvalue weighted by Gasteiger charge is 2.35. The van der Waals surface area contributed by atoms with Gasteiger partial charge in [0.1, 0.15) is 18.4 Å². The van der Waals surface area contributed by atoms with Gasteiger partial charge in [0.25, 0.3) is 0 Å². The van der Waals surface area contributed by atoms with Crippen LogP contribution in [-0.4, -0.2) is 73.4 Å². The topological polar surface area (TPSA) is 130 Å². The van der Waals surface area contributed by atoms with E-state index in [-0.39, 0.29) is 36.5 Å². The monoisotopic (exact) mass is 681 g/mol. The first-order chi connectivity index (χ1) is 24.9. The van der Waals surface area contributed by atoms with Crippen LogP contribution >= 0.6 is 0 Å². The predicted octanol–water partition coefficient (Wildman–Crippen LogP) is 5.28. The van der Waals surface area contributed by atoms with Gasteiger partial charge in [0.05, 0.1) is 12.8 Å². The van der Waals surface area contributed by atoms with E-state index in [1.54, 1.807) is 16.1 Å². The van der Waals surface area contributed by atoms with Crippen LogP contribution in [0.1, 0.15) is 36.8 Å². The van der Waals surface area contributed by atoms with Gasteiger partial charge in [-0.2, -0.15) is 0 Å². The molecule has 2 aliphatic heterocycles. The molecular formula is C40H39N7O4. The molecule has 0 saturated carbocycles. The molecule has 0 radical (unpaired) electrons. The van der Waals surface area contributed by atoms with Crippen LogP contribution in [-0.2, 0) is 32.0 Å². The Morgan fingerprint density at radius 1 is 0.608 bits per heavy atom. The van der Waals surface area contributed by atoms with E-state index in [0.29, 0.717) is 43.1 Å². The Morgan fingerprint density at radius 3 is 1.57 bits per heavy atom. The van der Waals surface area contributed by atoms with Gasteiger partial charge in [0.2, 0.25) is 23.6 Å². The van der Waals surface area contributed by atoms with E-state index in [9.17, 15) is 19.2 Å². The summed E-state index contributed by atoms with van der Waals surface area (Å²) in [4.78, 5) is 55.9. The van der Waals surface area contributed by atoms with Gasteiger partial charge in [-0.25, -0.2) is 0 Å². The molecule has 7 rings (SSSR count). The average Bonchev–Trinajstić information content (AvgIpc) is 3.95. The Bertz CT molecular complexity index is 1850. The van der Waals surface area contributed by atoms with Crippen molar-refractivity contribution < 1.29 is 19.2 Å². The molecule has 2 saturated heterocycles. The number of benzene rings is 4. The molecule has 0 spiro atoms. The number of carbonyl (C=O) groups is 4. The minimum atomic E-state index is -0.504. The lowest BCUT2D eigenvalue weighted by atomic mass is 10.1. The Kier molecular flexibility index (Phi) is 9.96. The number of nitrogens with zero attached hydrogens (tertiary/aromatic N) is 5. The summed E-state index contributed by atoms with van der Waals surface area (Å²) < 4.78 is 1.84. The number of amides is 4. The summed E-state index contributed by atoms with van der Waals surface area (Å²) in [5.41, 5.74) is 4.71. The molecule has 4 aromatic carbocycles. The average molecular weight is 682 g/mol. The fourth-order valence-electron chi connectivity index (χ4n) is 6.90. The molecule has 4 amide bonds. The van der Waals surface area contributed by atoms with Crippen molar-refractivity contribution in [3.63, 3.8) is 0 Å². The van der Waals surface area contributed by atoms with Gasteiger partial charge in [0, 0.05) is 35.7 Å². The van der Waals surface area contributed by atoms with Gasteiger partial charge in [-0.05, 0) is 85.3 Å². The van der Waals surface area contributed by atoms with E-state index in [1.807, 2.05) is 114 Å². The second-order valence-corrected chi connectivity index (χ2v) is 12.9. The fourth-order valence-corrected chi connectivity index (χ4v) is 6.90. The smallest absolute Gasteiger partial charge is 0.247 e. The summed E-state index contributed by atoms with van der Waals surface area (Å²) in [5.74, 6) is 0.123. The van der Waals surface area contributed by atoms with E-state index in [1.165, 1.54) is 0 Å². The number of hydrogen-bond acceptors (Lipinski definition) is 6. The van der Waals surface area contributed by atoms with Gasteiger partial charge in [-0.15, -0.1) is 10.2 Å². The van der Waals surface area contributed by atoms with Crippen molar-refractivity contribution in [2.24, 2.45) is 0 Å². The summed E-state index contributed by atoms with van der Waals surface area (Å²) in [5, 5.41) is 14.4. The number of nitrogens with one attached hydrogen (secondary N) is 2. The van der Waals surface area contributed by atoms with Crippen LogP contribution < -0.4 is 10.6 Å². The summed E-state index contributed by atoms with van der Waals surface area (Å²) in [6, 6.07) is 32.9. The van der Waals surface area contributed by atoms with E-state index in [2.05, 4.69) is 20.8 Å². The molecule has 5 aromatic rings. The molecule has 0 bridgehead atoms. The molecule has 2 fully saturated rings. The maximum absolute atomic E-state index is 13.2. The largest absolute Gasteiger partial charge is 0.330 e. The Morgan fingerprint density at radius 2 is 1.08 bits per heavy atom. The summed E-state index contributed by atoms with van der Waals surface area (Å²) in [7, 11) is 0. The van der Waals surface area contributed by atoms with Gasteiger partial charge in [-0.3, -0.25) is 23.7 Å². The van der Waals surface area contributed by atoms with Crippen LogP contribution in [0.15, 0.2) is 116 Å². The lowest BCUT2D eigenvalue weighted by Crippen LogP contribution is -2.43. The Balaban J connectivity index is 0.958. The van der Waals surface area contributed by atoms with E-state index >= 15 is 0 Å². The fraction of sp³-hybridized carbons (Fsp3) is 0.250. The summed E-state index contributed by atoms with van der Waals surface area (Å²) in [6.07, 6.45) is 5.00. The Labute approximate surface area is 296 Å². The number of aromatic nitrogens is 3. The Hall–Kier alpha value is -6.10. The van der Waals surface area contributed by atoms with E-state index in [0.717, 1.165) is 35.2 Å². The zero-order chi connectivity index (χ0) is 35.2. The zero-order valence-corrected chi connectivity index (χ0v) is 28.2. The highest BCUT2D eigenvalue weighted by molar-refractivity contribution is 5.98. The van der Waals surface area contributed by atoms with Crippen molar-refractivity contribution in [2.45, 2.75) is 50.6 Å². The van der Waals surface area contributed by atoms with Crippen molar-refractivity contribution >= 4 is 35.0 Å². The molecule has 258 valence electrons. The molecule has 0 aliphatic carbocycles. The lowest BCUT2D eigenvalue weighted by molar-refractivity contribution is -0.136. The molecule has 2 N–H and O–H groups in total. The van der Waals surface area contributed by atoms with Crippen molar-refractivity contribution in [1.82, 2.24) is 24.6 Å². The number of rotatable bonds is 10. The summed E-state index contributed by atoms with van der Waals surface area (Å²) >= 11 is 0. The lowest BCUT2D eigenvalue weighted by Gasteiger charge is -2.24. The van der Waals surface area contributed by atoms with Crippen molar-refractivity contribution in [3.8, 4) is 17.1 Å². The standard InChI is InChI=1S/C40H39N7O4/c48-36(25-28-9-3-1-4-10-28)45-23-7-13-34(45)39(50)42-31-17-15-30(16-18-31)38-44-41-27-47(38)33-21-19-32(20-22-33)43-40(51)35-14-8-24-46(35)37(49)26-29-11-5-2-6-12-29/h1-6,9-12,15-22,27,34-35H,7-8,13-14,23-26H2,(H,42,50)(H,43,51)/t34-,35-/m0/s1. The second kappa shape index (κ2) is 15.2. The highest BCUT2D eigenvalue weighted by atomic mass is 16.2. The number of carbonyl (C=O) groups excluding carboxylic acids is 4. The third-order valence-corrected chi connectivity index (χ3v) is 9.52.